The van der Waals surface area contributed by atoms with Gasteiger partial charge in [0, 0.05) is 10.3 Å². The average molecular weight is 758 g/mol. The highest BCUT2D eigenvalue weighted by molar-refractivity contribution is 14.1. The van der Waals surface area contributed by atoms with Crippen molar-refractivity contribution in [3.8, 4) is 0 Å². The summed E-state index contributed by atoms with van der Waals surface area (Å²) in [6, 6.07) is 0. The fourth-order valence-corrected chi connectivity index (χ4v) is 3.89. The zero-order valence-corrected chi connectivity index (χ0v) is 21.3. The third-order valence-corrected chi connectivity index (χ3v) is 6.49. The molecule has 0 fully saturated rings. The van der Waals surface area contributed by atoms with E-state index in [0.717, 1.165) is 22.6 Å². The first kappa shape index (κ1) is 39.3. The molecule has 242 valence electrons. The molecule has 0 aromatic carbocycles. The molecule has 0 amide bonds. The average Bonchev–Trinajstić information content (AvgIpc) is 2.74. The zero-order valence-electron chi connectivity index (χ0n) is 19.1. The Hall–Kier alpha value is -0.740. The van der Waals surface area contributed by atoms with E-state index in [1.165, 1.54) is 0 Å². The first-order chi connectivity index (χ1) is 17.2. The van der Waals surface area contributed by atoms with Gasteiger partial charge < -0.3 is 0 Å². The monoisotopic (exact) mass is 758 g/mol. The summed E-state index contributed by atoms with van der Waals surface area (Å²) in [6.07, 6.45) is -9.84. The normalized spacial score (nSPS) is 16.9. The molecule has 0 aliphatic carbocycles. The molecule has 0 rings (SSSR count). The van der Waals surface area contributed by atoms with Crippen LogP contribution in [-0.4, -0.2) is 63.4 Å². The lowest BCUT2D eigenvalue weighted by Gasteiger charge is -2.44. The van der Waals surface area contributed by atoms with Crippen LogP contribution in [0.5, 0.6) is 0 Å². The largest absolute Gasteiger partial charge is 0.460 e. The van der Waals surface area contributed by atoms with Gasteiger partial charge in [-0.1, -0.05) is 55.2 Å². The maximum absolute atomic E-state index is 14.0. The highest BCUT2D eigenvalue weighted by atomic mass is 127. The molecule has 0 saturated heterocycles. The maximum Gasteiger partial charge on any atom is 0.460 e. The molecule has 0 aliphatic rings. The SMILES string of the molecule is CCCCCCC(I)CC(F)(F)C(F)(F)C(F)(F)C(F)(F)C(F)(F)C(F)(F)C(F)(F)C(F)(F)C(F)(F)C(F)(F)F. The lowest BCUT2D eigenvalue weighted by atomic mass is 9.85. The van der Waals surface area contributed by atoms with Crippen molar-refractivity contribution in [3.05, 3.63) is 0 Å². The predicted molar refractivity (Wildman–Crippen MR) is 102 cm³/mol. The highest BCUT2D eigenvalue weighted by Gasteiger charge is 2.97. The Labute approximate surface area is 224 Å². The summed E-state index contributed by atoms with van der Waals surface area (Å²) in [4.78, 5) is 0. The lowest BCUT2D eigenvalue weighted by molar-refractivity contribution is -0.474. The van der Waals surface area contributed by atoms with Gasteiger partial charge in [0.2, 0.25) is 0 Å². The van der Waals surface area contributed by atoms with E-state index in [1.807, 2.05) is 0 Å². The third-order valence-electron chi connectivity index (χ3n) is 5.42. The Kier molecular flexibility index (Phi) is 11.2. The van der Waals surface area contributed by atoms with Crippen LogP contribution < -0.4 is 0 Å². The Balaban J connectivity index is 6.68. The van der Waals surface area contributed by atoms with Gasteiger partial charge in [0.15, 0.2) is 0 Å². The van der Waals surface area contributed by atoms with E-state index in [0.29, 0.717) is 12.8 Å². The molecule has 0 aliphatic heterocycles. The third kappa shape index (κ3) is 5.88. The lowest BCUT2D eigenvalue weighted by Crippen LogP contribution is -2.76. The molecular formula is C18H16F21I. The fraction of sp³-hybridized carbons (Fsp3) is 1.00. The number of hydrogen-bond donors (Lipinski definition) is 0. The van der Waals surface area contributed by atoms with Gasteiger partial charge in [-0.25, -0.2) is 0 Å². The Morgan fingerprint density at radius 1 is 0.425 bits per heavy atom. The summed E-state index contributed by atoms with van der Waals surface area (Å²) < 4.78 is 279. The number of hydrogen-bond acceptors (Lipinski definition) is 0. The van der Waals surface area contributed by atoms with Crippen LogP contribution in [0.2, 0.25) is 0 Å². The van der Waals surface area contributed by atoms with Gasteiger partial charge in [0.1, 0.15) is 0 Å². The van der Waals surface area contributed by atoms with Crippen molar-refractivity contribution >= 4 is 22.6 Å². The molecule has 0 spiro atoms. The molecular weight excluding hydrogens is 742 g/mol. The van der Waals surface area contributed by atoms with Crippen LogP contribution in [0.1, 0.15) is 45.4 Å². The fourth-order valence-electron chi connectivity index (χ4n) is 2.89. The van der Waals surface area contributed by atoms with Crippen LogP contribution in [0.25, 0.3) is 0 Å². The van der Waals surface area contributed by atoms with Gasteiger partial charge in [-0.3, -0.25) is 0 Å². The minimum atomic E-state index is -9.14. The number of rotatable bonds is 15. The molecule has 1 unspecified atom stereocenters. The molecule has 22 heteroatoms. The second-order valence-electron chi connectivity index (χ2n) is 8.45. The van der Waals surface area contributed by atoms with E-state index in [-0.39, 0.29) is 12.8 Å². The highest BCUT2D eigenvalue weighted by Crippen LogP contribution is 2.66. The molecule has 0 aromatic rings. The van der Waals surface area contributed by atoms with E-state index < -0.39 is 76.2 Å². The molecule has 40 heavy (non-hydrogen) atoms. The van der Waals surface area contributed by atoms with Gasteiger partial charge in [0.05, 0.1) is 0 Å². The van der Waals surface area contributed by atoms with Gasteiger partial charge >= 0.3 is 59.5 Å². The molecule has 0 radical (unpaired) electrons. The zero-order chi connectivity index (χ0) is 32.8. The van der Waals surface area contributed by atoms with Crippen LogP contribution in [0.15, 0.2) is 0 Å². The van der Waals surface area contributed by atoms with Gasteiger partial charge in [-0.2, -0.15) is 92.2 Å². The molecule has 0 bridgehead atoms. The second-order valence-corrected chi connectivity index (χ2v) is 10.2. The first-order valence-electron chi connectivity index (χ1n) is 10.3. The summed E-state index contributed by atoms with van der Waals surface area (Å²) in [5, 5.41) is 0. The second kappa shape index (κ2) is 11.4. The Morgan fingerprint density at radius 3 is 1.02 bits per heavy atom. The van der Waals surface area contributed by atoms with Crippen LogP contribution in [-0.2, 0) is 0 Å². The van der Waals surface area contributed by atoms with E-state index in [1.54, 1.807) is 6.92 Å². The van der Waals surface area contributed by atoms with Crippen molar-refractivity contribution in [2.45, 2.75) is 109 Å². The topological polar surface area (TPSA) is 0 Å². The van der Waals surface area contributed by atoms with Crippen molar-refractivity contribution < 1.29 is 92.2 Å². The summed E-state index contributed by atoms with van der Waals surface area (Å²) in [5.41, 5.74) is 0. The van der Waals surface area contributed by atoms with Crippen LogP contribution in [0.3, 0.4) is 0 Å². The van der Waals surface area contributed by atoms with Crippen molar-refractivity contribution in [2.24, 2.45) is 0 Å². The smallest absolute Gasteiger partial charge is 0.200 e. The van der Waals surface area contributed by atoms with E-state index >= 15 is 0 Å². The first-order valence-corrected chi connectivity index (χ1v) is 11.6. The Bertz CT molecular complexity index is 843. The summed E-state index contributed by atoms with van der Waals surface area (Å²) in [6.45, 7) is 1.65. The van der Waals surface area contributed by atoms with E-state index in [4.69, 9.17) is 0 Å². The van der Waals surface area contributed by atoms with E-state index in [9.17, 15) is 92.2 Å². The van der Waals surface area contributed by atoms with Crippen LogP contribution in [0.4, 0.5) is 92.2 Å². The van der Waals surface area contributed by atoms with Gasteiger partial charge in [-0.05, 0) is 6.42 Å². The van der Waals surface area contributed by atoms with Crippen LogP contribution >= 0.6 is 22.6 Å². The summed E-state index contributed by atoms with van der Waals surface area (Å²) in [7, 11) is 0. The minimum Gasteiger partial charge on any atom is -0.200 e. The molecule has 0 nitrogen and oxygen atoms in total. The summed E-state index contributed by atoms with van der Waals surface area (Å²) in [5.74, 6) is -76.4. The summed E-state index contributed by atoms with van der Waals surface area (Å²) >= 11 is 0.910. The minimum absolute atomic E-state index is 0.0498. The molecule has 0 aromatic heterocycles. The standard InChI is InChI=1S/C18H16F21I/c1-2-3-4-5-6-8(40)7-9(19,20)10(21,22)11(23,24)12(25,26)13(27,28)14(29,30)15(31,32)16(33,34)17(35,36)18(37,38)39/h8H,2-7H2,1H3. The van der Waals surface area contributed by atoms with Crippen molar-refractivity contribution in [1.82, 2.24) is 0 Å². The quantitative estimate of drug-likeness (QED) is 0.0676. The number of unbranched alkanes of at least 4 members (excludes halogenated alkanes) is 3. The number of halogens is 22. The number of alkyl halides is 22. The van der Waals surface area contributed by atoms with Gasteiger partial charge in [0.25, 0.3) is 0 Å². The van der Waals surface area contributed by atoms with Crippen LogP contribution in [0, 0.1) is 0 Å². The molecule has 0 N–H and O–H groups in total. The van der Waals surface area contributed by atoms with Crippen molar-refractivity contribution in [1.29, 1.82) is 0 Å². The van der Waals surface area contributed by atoms with Gasteiger partial charge in [-0.15, -0.1) is 0 Å². The van der Waals surface area contributed by atoms with E-state index in [2.05, 4.69) is 0 Å². The maximum atomic E-state index is 14.0. The van der Waals surface area contributed by atoms with Crippen molar-refractivity contribution in [3.63, 3.8) is 0 Å². The predicted octanol–water partition coefficient (Wildman–Crippen LogP) is 10.4. The van der Waals surface area contributed by atoms with Crippen molar-refractivity contribution in [2.75, 3.05) is 0 Å². The molecule has 0 heterocycles. The molecule has 1 atom stereocenters. The Morgan fingerprint density at radius 2 is 0.725 bits per heavy atom. The molecule has 0 saturated carbocycles.